The highest BCUT2D eigenvalue weighted by atomic mass is 35.5. The minimum absolute atomic E-state index is 0.119. The number of fused-ring (bicyclic) bond motifs is 1. The predicted octanol–water partition coefficient (Wildman–Crippen LogP) is 4.38. The fraction of sp³-hybridized carbons (Fsp3) is 0.333. The molecule has 0 radical (unpaired) electrons. The zero-order valence-electron chi connectivity index (χ0n) is 12.4. The van der Waals surface area contributed by atoms with E-state index in [-0.39, 0.29) is 6.04 Å². The first kappa shape index (κ1) is 14.6. The van der Waals surface area contributed by atoms with Gasteiger partial charge in [0.2, 0.25) is 0 Å². The van der Waals surface area contributed by atoms with E-state index < -0.39 is 0 Å². The van der Waals surface area contributed by atoms with Crippen molar-refractivity contribution in [2.45, 2.75) is 33.1 Å². The number of hydrogen-bond acceptors (Lipinski definition) is 2. The summed E-state index contributed by atoms with van der Waals surface area (Å²) in [5, 5.41) is 4.40. The molecule has 0 aromatic heterocycles. The molecule has 0 spiro atoms. The molecule has 1 aliphatic rings. The van der Waals surface area contributed by atoms with Crippen LogP contribution < -0.4 is 5.32 Å². The van der Waals surface area contributed by atoms with Gasteiger partial charge < -0.3 is 10.1 Å². The minimum Gasteiger partial charge on any atom is -0.372 e. The van der Waals surface area contributed by atoms with Crippen LogP contribution in [0.3, 0.4) is 0 Å². The largest absolute Gasteiger partial charge is 0.372 e. The Kier molecular flexibility index (Phi) is 4.29. The smallest absolute Gasteiger partial charge is 0.0725 e. The standard InChI is InChI=1S/C18H20ClNO/c1-3-20-18(16-6-4-5-12(2)17(16)19)13-7-8-14-10-21-11-15(14)9-13/h4-9,18,20H,3,10-11H2,1-2H3. The maximum Gasteiger partial charge on any atom is 0.0725 e. The Morgan fingerprint density at radius 1 is 1.19 bits per heavy atom. The van der Waals surface area contributed by atoms with Crippen molar-refractivity contribution in [2.24, 2.45) is 0 Å². The van der Waals surface area contributed by atoms with Gasteiger partial charge >= 0.3 is 0 Å². The topological polar surface area (TPSA) is 21.3 Å². The summed E-state index contributed by atoms with van der Waals surface area (Å²) in [7, 11) is 0. The van der Waals surface area contributed by atoms with Gasteiger partial charge in [-0.2, -0.15) is 0 Å². The van der Waals surface area contributed by atoms with E-state index in [1.165, 1.54) is 16.7 Å². The number of hydrogen-bond donors (Lipinski definition) is 1. The summed E-state index contributed by atoms with van der Waals surface area (Å²) in [5.41, 5.74) is 6.08. The summed E-state index contributed by atoms with van der Waals surface area (Å²) in [4.78, 5) is 0. The maximum absolute atomic E-state index is 6.53. The number of halogens is 1. The van der Waals surface area contributed by atoms with Crippen LogP contribution in [0.25, 0.3) is 0 Å². The summed E-state index contributed by atoms with van der Waals surface area (Å²) in [5.74, 6) is 0. The van der Waals surface area contributed by atoms with Crippen LogP contribution in [0.1, 0.15) is 40.8 Å². The van der Waals surface area contributed by atoms with Gasteiger partial charge in [-0.15, -0.1) is 0 Å². The Morgan fingerprint density at radius 3 is 2.81 bits per heavy atom. The van der Waals surface area contributed by atoms with Crippen molar-refractivity contribution in [1.82, 2.24) is 5.32 Å². The highest BCUT2D eigenvalue weighted by Crippen LogP contribution is 2.32. The van der Waals surface area contributed by atoms with Crippen LogP contribution in [0.4, 0.5) is 0 Å². The molecule has 1 N–H and O–H groups in total. The van der Waals surface area contributed by atoms with Crippen molar-refractivity contribution in [1.29, 1.82) is 0 Å². The molecule has 1 atom stereocenters. The lowest BCUT2D eigenvalue weighted by Gasteiger charge is -2.21. The second kappa shape index (κ2) is 6.18. The summed E-state index contributed by atoms with van der Waals surface area (Å²) in [6, 6.07) is 12.9. The number of benzene rings is 2. The quantitative estimate of drug-likeness (QED) is 0.905. The Morgan fingerprint density at radius 2 is 2.00 bits per heavy atom. The van der Waals surface area contributed by atoms with E-state index in [1.54, 1.807) is 0 Å². The zero-order valence-corrected chi connectivity index (χ0v) is 13.2. The van der Waals surface area contributed by atoms with Crippen molar-refractivity contribution in [3.63, 3.8) is 0 Å². The van der Waals surface area contributed by atoms with Gasteiger partial charge in [0.15, 0.2) is 0 Å². The minimum atomic E-state index is 0.119. The molecule has 0 amide bonds. The number of rotatable bonds is 4. The van der Waals surface area contributed by atoms with Crippen molar-refractivity contribution >= 4 is 11.6 Å². The summed E-state index contributed by atoms with van der Waals surface area (Å²) >= 11 is 6.53. The third-order valence-corrected chi connectivity index (χ3v) is 4.54. The highest BCUT2D eigenvalue weighted by Gasteiger charge is 2.19. The number of ether oxygens (including phenoxy) is 1. The molecule has 2 nitrogen and oxygen atoms in total. The van der Waals surface area contributed by atoms with Crippen LogP contribution >= 0.6 is 11.6 Å². The molecule has 2 aromatic carbocycles. The molecular weight excluding hydrogens is 282 g/mol. The third-order valence-electron chi connectivity index (χ3n) is 4.02. The summed E-state index contributed by atoms with van der Waals surface area (Å²) in [6.07, 6.45) is 0. The van der Waals surface area contributed by atoms with Gasteiger partial charge in [-0.05, 0) is 41.3 Å². The van der Waals surface area contributed by atoms with E-state index in [0.717, 1.165) is 29.3 Å². The van der Waals surface area contributed by atoms with Crippen LogP contribution in [-0.4, -0.2) is 6.54 Å². The number of nitrogens with one attached hydrogen (secondary N) is 1. The van der Waals surface area contributed by atoms with E-state index in [4.69, 9.17) is 16.3 Å². The molecule has 0 saturated heterocycles. The SMILES string of the molecule is CCNC(c1ccc2c(c1)COC2)c1cccc(C)c1Cl. The molecule has 1 heterocycles. The first-order chi connectivity index (χ1) is 10.2. The molecule has 0 fully saturated rings. The third kappa shape index (κ3) is 2.84. The molecule has 1 aliphatic heterocycles. The molecule has 21 heavy (non-hydrogen) atoms. The van der Waals surface area contributed by atoms with Crippen LogP contribution in [0.15, 0.2) is 36.4 Å². The Hall–Kier alpha value is -1.35. The van der Waals surface area contributed by atoms with Gasteiger partial charge in [-0.3, -0.25) is 0 Å². The zero-order chi connectivity index (χ0) is 14.8. The van der Waals surface area contributed by atoms with Crippen LogP contribution in [0.5, 0.6) is 0 Å². The van der Waals surface area contributed by atoms with E-state index >= 15 is 0 Å². The molecule has 0 aliphatic carbocycles. The average Bonchev–Trinajstić information content (AvgIpc) is 2.95. The lowest BCUT2D eigenvalue weighted by molar-refractivity contribution is 0.134. The van der Waals surface area contributed by atoms with E-state index in [0.29, 0.717) is 6.61 Å². The predicted molar refractivity (Wildman–Crippen MR) is 86.6 cm³/mol. The molecular formula is C18H20ClNO. The van der Waals surface area contributed by atoms with Crippen LogP contribution in [0.2, 0.25) is 5.02 Å². The van der Waals surface area contributed by atoms with E-state index in [1.807, 2.05) is 13.0 Å². The molecule has 2 aromatic rings. The van der Waals surface area contributed by atoms with Crippen LogP contribution in [-0.2, 0) is 18.0 Å². The van der Waals surface area contributed by atoms with Gasteiger partial charge in [0.05, 0.1) is 19.3 Å². The molecule has 3 heteroatoms. The molecule has 0 bridgehead atoms. The molecule has 110 valence electrons. The fourth-order valence-corrected chi connectivity index (χ4v) is 3.11. The molecule has 0 saturated carbocycles. The lowest BCUT2D eigenvalue weighted by atomic mass is 9.94. The summed E-state index contributed by atoms with van der Waals surface area (Å²) < 4.78 is 5.51. The fourth-order valence-electron chi connectivity index (χ4n) is 2.88. The van der Waals surface area contributed by atoms with E-state index in [9.17, 15) is 0 Å². The van der Waals surface area contributed by atoms with E-state index in [2.05, 4.69) is 42.6 Å². The van der Waals surface area contributed by atoms with Gasteiger partial charge in [0.25, 0.3) is 0 Å². The Bertz CT molecular complexity index is 654. The first-order valence-electron chi connectivity index (χ1n) is 7.38. The van der Waals surface area contributed by atoms with Gasteiger partial charge in [0, 0.05) is 5.02 Å². The van der Waals surface area contributed by atoms with Gasteiger partial charge in [-0.1, -0.05) is 54.9 Å². The Balaban J connectivity index is 2.03. The second-order valence-electron chi connectivity index (χ2n) is 5.49. The van der Waals surface area contributed by atoms with Crippen molar-refractivity contribution in [2.75, 3.05) is 6.54 Å². The van der Waals surface area contributed by atoms with Crippen molar-refractivity contribution in [3.05, 3.63) is 69.2 Å². The van der Waals surface area contributed by atoms with Crippen molar-refractivity contribution in [3.8, 4) is 0 Å². The van der Waals surface area contributed by atoms with Gasteiger partial charge in [-0.25, -0.2) is 0 Å². The Labute approximate surface area is 131 Å². The maximum atomic E-state index is 6.53. The summed E-state index contributed by atoms with van der Waals surface area (Å²) in [6.45, 7) is 6.50. The number of aryl methyl sites for hydroxylation is 1. The van der Waals surface area contributed by atoms with Crippen LogP contribution in [0, 0.1) is 6.92 Å². The monoisotopic (exact) mass is 301 g/mol. The first-order valence-corrected chi connectivity index (χ1v) is 7.76. The normalized spacial score (nSPS) is 15.0. The second-order valence-corrected chi connectivity index (χ2v) is 5.87. The average molecular weight is 302 g/mol. The molecule has 1 unspecified atom stereocenters. The highest BCUT2D eigenvalue weighted by molar-refractivity contribution is 6.32. The molecule has 3 rings (SSSR count). The van der Waals surface area contributed by atoms with Crippen molar-refractivity contribution < 1.29 is 4.74 Å². The lowest BCUT2D eigenvalue weighted by Crippen LogP contribution is -2.22. The van der Waals surface area contributed by atoms with Gasteiger partial charge in [0.1, 0.15) is 0 Å².